The average Bonchev–Trinajstić information content (AvgIpc) is 3.14. The van der Waals surface area contributed by atoms with Gasteiger partial charge in [0.25, 0.3) is 6.43 Å². The highest BCUT2D eigenvalue weighted by Gasteiger charge is 2.43. The SMILES string of the molecule is C[C@H]1CN(c2c(F)c(S(=O)(=O)NC3(C)CC3)cc3c(-c4nnc(C(F)F)s4)ncn23)C[C@H](C)N1. The third-order valence-corrected chi connectivity index (χ3v) is 8.65. The van der Waals surface area contributed by atoms with Crippen molar-refractivity contribution in [2.45, 2.75) is 62.6 Å². The Kier molecular flexibility index (Phi) is 5.61. The van der Waals surface area contributed by atoms with Gasteiger partial charge in [-0.1, -0.05) is 11.3 Å². The molecule has 0 bridgehead atoms. The molecule has 2 N–H and O–H groups in total. The lowest BCUT2D eigenvalue weighted by Gasteiger charge is -2.38. The van der Waals surface area contributed by atoms with Gasteiger partial charge in [-0.2, -0.15) is 0 Å². The highest BCUT2D eigenvalue weighted by molar-refractivity contribution is 7.89. The van der Waals surface area contributed by atoms with Crippen LogP contribution in [0.2, 0.25) is 0 Å². The van der Waals surface area contributed by atoms with Crippen molar-refractivity contribution in [2.75, 3.05) is 18.0 Å². The number of rotatable bonds is 6. The molecule has 2 fully saturated rings. The molecule has 34 heavy (non-hydrogen) atoms. The number of piperazine rings is 1. The van der Waals surface area contributed by atoms with Gasteiger partial charge in [0.1, 0.15) is 16.9 Å². The number of hydrogen-bond donors (Lipinski definition) is 2. The fourth-order valence-electron chi connectivity index (χ4n) is 4.31. The number of imidazole rings is 1. The molecule has 5 rings (SSSR count). The van der Waals surface area contributed by atoms with Crippen molar-refractivity contribution in [2.24, 2.45) is 0 Å². The van der Waals surface area contributed by atoms with Gasteiger partial charge in [0.2, 0.25) is 10.0 Å². The lowest BCUT2D eigenvalue weighted by atomic mass is 10.1. The van der Waals surface area contributed by atoms with Crippen LogP contribution in [0.25, 0.3) is 16.2 Å². The van der Waals surface area contributed by atoms with E-state index in [-0.39, 0.29) is 34.1 Å². The summed E-state index contributed by atoms with van der Waals surface area (Å²) in [5.41, 5.74) is -0.200. The Labute approximate surface area is 198 Å². The van der Waals surface area contributed by atoms with Gasteiger partial charge in [0.15, 0.2) is 21.7 Å². The first-order valence-corrected chi connectivity index (χ1v) is 13.1. The molecule has 14 heteroatoms. The molecule has 0 spiro atoms. The third-order valence-electron chi connectivity index (χ3n) is 6.07. The van der Waals surface area contributed by atoms with Crippen LogP contribution >= 0.6 is 11.3 Å². The molecule has 1 aliphatic heterocycles. The second-order valence-corrected chi connectivity index (χ2v) is 11.9. The van der Waals surface area contributed by atoms with E-state index < -0.39 is 37.7 Å². The zero-order chi connectivity index (χ0) is 24.4. The van der Waals surface area contributed by atoms with Crippen molar-refractivity contribution in [3.8, 4) is 10.7 Å². The van der Waals surface area contributed by atoms with Gasteiger partial charge in [-0.15, -0.1) is 10.2 Å². The Morgan fingerprint density at radius 2 is 1.91 bits per heavy atom. The first-order chi connectivity index (χ1) is 16.0. The van der Waals surface area contributed by atoms with Gasteiger partial charge in [0, 0.05) is 30.7 Å². The van der Waals surface area contributed by atoms with Crippen LogP contribution in [-0.4, -0.2) is 58.7 Å². The summed E-state index contributed by atoms with van der Waals surface area (Å²) in [5, 5.41) is 10.3. The first-order valence-electron chi connectivity index (χ1n) is 10.8. The maximum Gasteiger partial charge on any atom is 0.291 e. The summed E-state index contributed by atoms with van der Waals surface area (Å²) in [7, 11) is -4.21. The lowest BCUT2D eigenvalue weighted by molar-refractivity contribution is 0.150. The molecular formula is C20H24F3N7O2S2. The molecule has 184 valence electrons. The molecule has 3 aromatic rings. The summed E-state index contributed by atoms with van der Waals surface area (Å²) in [5.74, 6) is -0.837. The minimum absolute atomic E-state index is 0.0294. The number of nitrogens with one attached hydrogen (secondary N) is 2. The van der Waals surface area contributed by atoms with Crippen molar-refractivity contribution in [3.63, 3.8) is 0 Å². The number of halogens is 3. The van der Waals surface area contributed by atoms with Gasteiger partial charge in [0.05, 0.1) is 5.52 Å². The largest absolute Gasteiger partial charge is 0.352 e. The molecule has 3 aromatic heterocycles. The molecule has 2 atom stereocenters. The number of nitrogens with zero attached hydrogens (tertiary/aromatic N) is 5. The van der Waals surface area contributed by atoms with E-state index in [4.69, 9.17) is 0 Å². The normalized spacial score (nSPS) is 22.6. The number of hydrogen-bond acceptors (Lipinski definition) is 8. The highest BCUT2D eigenvalue weighted by Crippen LogP contribution is 2.39. The number of pyridine rings is 1. The Bertz CT molecular complexity index is 1340. The van der Waals surface area contributed by atoms with E-state index in [9.17, 15) is 17.2 Å². The standard InChI is InChI=1S/C20H24F3N7O2S2/c1-10-7-29(8-11(2)25-10)19-14(21)13(34(31,32)28-20(3)4-5-20)6-12-15(24-9-30(12)19)17-26-27-18(33-17)16(22)23/h6,9-11,16,25,28H,4-5,7-8H2,1-3H3/t10-,11-/m0/s1. The molecule has 0 aromatic carbocycles. The summed E-state index contributed by atoms with van der Waals surface area (Å²) < 4.78 is 72.7. The molecule has 4 heterocycles. The Morgan fingerprint density at radius 1 is 1.24 bits per heavy atom. The minimum atomic E-state index is -4.21. The van der Waals surface area contributed by atoms with E-state index in [0.717, 1.165) is 0 Å². The monoisotopic (exact) mass is 515 g/mol. The molecule has 1 saturated carbocycles. The highest BCUT2D eigenvalue weighted by atomic mass is 32.2. The van der Waals surface area contributed by atoms with Gasteiger partial charge >= 0.3 is 0 Å². The van der Waals surface area contributed by atoms with Gasteiger partial charge in [-0.05, 0) is 39.7 Å². The van der Waals surface area contributed by atoms with Crippen LogP contribution < -0.4 is 14.9 Å². The van der Waals surface area contributed by atoms with E-state index in [1.807, 2.05) is 13.8 Å². The van der Waals surface area contributed by atoms with Gasteiger partial charge in [-0.25, -0.2) is 31.3 Å². The van der Waals surface area contributed by atoms with Crippen LogP contribution in [0, 0.1) is 5.82 Å². The van der Waals surface area contributed by atoms with Crippen molar-refractivity contribution in [1.29, 1.82) is 0 Å². The van der Waals surface area contributed by atoms with Crippen LogP contribution in [0.15, 0.2) is 17.3 Å². The molecule has 1 aliphatic carbocycles. The molecule has 0 amide bonds. The van der Waals surface area contributed by atoms with E-state index in [1.165, 1.54) is 16.8 Å². The number of anilines is 1. The van der Waals surface area contributed by atoms with Crippen molar-refractivity contribution < 1.29 is 21.6 Å². The maximum absolute atomic E-state index is 16.0. The van der Waals surface area contributed by atoms with Crippen molar-refractivity contribution >= 4 is 32.7 Å². The molecule has 1 saturated heterocycles. The molecule has 2 aliphatic rings. The summed E-state index contributed by atoms with van der Waals surface area (Å²) >= 11 is 0.663. The first kappa shape index (κ1) is 23.5. The van der Waals surface area contributed by atoms with E-state index in [2.05, 4.69) is 25.2 Å². The van der Waals surface area contributed by atoms with Crippen LogP contribution in [0.3, 0.4) is 0 Å². The fraction of sp³-hybridized carbons (Fsp3) is 0.550. The number of aromatic nitrogens is 4. The van der Waals surface area contributed by atoms with Crippen LogP contribution in [0.1, 0.15) is 45.0 Å². The molecular weight excluding hydrogens is 491 g/mol. The predicted octanol–water partition coefficient (Wildman–Crippen LogP) is 2.95. The second kappa shape index (κ2) is 8.14. The molecule has 0 unspecified atom stereocenters. The second-order valence-electron chi connectivity index (χ2n) is 9.28. The van der Waals surface area contributed by atoms with Crippen molar-refractivity contribution in [3.05, 3.63) is 23.2 Å². The smallest absolute Gasteiger partial charge is 0.291 e. The Hall–Kier alpha value is -2.29. The summed E-state index contributed by atoms with van der Waals surface area (Å²) in [6, 6.07) is 1.25. The van der Waals surface area contributed by atoms with E-state index in [0.29, 0.717) is 37.3 Å². The van der Waals surface area contributed by atoms with Crippen molar-refractivity contribution in [1.82, 2.24) is 29.6 Å². The number of alkyl halides is 2. The quantitative estimate of drug-likeness (QED) is 0.520. The Morgan fingerprint density at radius 3 is 2.50 bits per heavy atom. The topological polar surface area (TPSA) is 105 Å². The Balaban J connectivity index is 1.72. The summed E-state index contributed by atoms with van der Waals surface area (Å²) in [4.78, 5) is 5.55. The summed E-state index contributed by atoms with van der Waals surface area (Å²) in [6.45, 7) is 6.55. The predicted molar refractivity (Wildman–Crippen MR) is 121 cm³/mol. The molecule has 0 radical (unpaired) electrons. The van der Waals surface area contributed by atoms with Gasteiger partial charge in [-0.3, -0.25) is 4.40 Å². The molecule has 9 nitrogen and oxygen atoms in total. The van der Waals surface area contributed by atoms with E-state index in [1.54, 1.807) is 11.8 Å². The van der Waals surface area contributed by atoms with Crippen LogP contribution in [0.4, 0.5) is 19.0 Å². The maximum atomic E-state index is 16.0. The number of fused-ring (bicyclic) bond motifs is 1. The number of sulfonamides is 1. The zero-order valence-corrected chi connectivity index (χ0v) is 20.4. The summed E-state index contributed by atoms with van der Waals surface area (Å²) in [6.07, 6.45) is -0.115. The fourth-order valence-corrected chi connectivity index (χ4v) is 6.57. The third kappa shape index (κ3) is 4.16. The van der Waals surface area contributed by atoms with E-state index >= 15 is 4.39 Å². The zero-order valence-electron chi connectivity index (χ0n) is 18.7. The van der Waals surface area contributed by atoms with Crippen LogP contribution in [-0.2, 0) is 10.0 Å². The van der Waals surface area contributed by atoms with Gasteiger partial charge < -0.3 is 10.2 Å². The lowest BCUT2D eigenvalue weighted by Crippen LogP contribution is -2.55. The average molecular weight is 516 g/mol. The van der Waals surface area contributed by atoms with Crippen LogP contribution in [0.5, 0.6) is 0 Å². The minimum Gasteiger partial charge on any atom is -0.352 e.